The van der Waals surface area contributed by atoms with Crippen LogP contribution in [-0.2, 0) is 11.3 Å². The molecule has 1 amide bonds. The number of aromatic nitrogens is 2. The fourth-order valence-corrected chi connectivity index (χ4v) is 3.59. The second kappa shape index (κ2) is 7.78. The van der Waals surface area contributed by atoms with Crippen molar-refractivity contribution in [3.8, 4) is 0 Å². The van der Waals surface area contributed by atoms with Crippen LogP contribution in [0.15, 0.2) is 35.3 Å². The van der Waals surface area contributed by atoms with Crippen molar-refractivity contribution in [3.05, 3.63) is 40.7 Å². The van der Waals surface area contributed by atoms with Gasteiger partial charge in [-0.3, -0.25) is 14.3 Å². The third kappa shape index (κ3) is 4.07. The highest BCUT2D eigenvalue weighted by Gasteiger charge is 2.25. The van der Waals surface area contributed by atoms with E-state index in [1.54, 1.807) is 22.7 Å². The number of carbonyl (C=O) groups is 1. The van der Waals surface area contributed by atoms with Gasteiger partial charge in [0.1, 0.15) is 0 Å². The van der Waals surface area contributed by atoms with Crippen molar-refractivity contribution in [2.75, 3.05) is 13.6 Å². The second-order valence-electron chi connectivity index (χ2n) is 6.89. The van der Waals surface area contributed by atoms with Crippen molar-refractivity contribution in [2.45, 2.75) is 44.8 Å². The van der Waals surface area contributed by atoms with E-state index in [1.807, 2.05) is 18.2 Å². The Morgan fingerprint density at radius 3 is 2.88 bits per heavy atom. The molecule has 2 unspecified atom stereocenters. The van der Waals surface area contributed by atoms with Gasteiger partial charge in [-0.25, -0.2) is 0 Å². The van der Waals surface area contributed by atoms with Crippen LogP contribution in [0.3, 0.4) is 0 Å². The molecular weight excluding hydrogens is 318 g/mol. The lowest BCUT2D eigenvalue weighted by molar-refractivity contribution is -0.131. The monoisotopic (exact) mass is 343 g/mol. The molecule has 1 aliphatic rings. The summed E-state index contributed by atoms with van der Waals surface area (Å²) in [5.74, 6) is 0.205. The van der Waals surface area contributed by atoms with Crippen LogP contribution < -0.4 is 5.43 Å². The van der Waals surface area contributed by atoms with Crippen molar-refractivity contribution in [3.63, 3.8) is 0 Å². The first-order chi connectivity index (χ1) is 12.1. The zero-order valence-electron chi connectivity index (χ0n) is 14.6. The maximum absolute atomic E-state index is 12.4. The maximum Gasteiger partial charge on any atom is 0.224 e. The van der Waals surface area contributed by atoms with Gasteiger partial charge in [0.2, 0.25) is 11.3 Å². The molecule has 1 saturated carbocycles. The lowest BCUT2D eigenvalue weighted by Gasteiger charge is -2.31. The molecule has 6 nitrogen and oxygen atoms in total. The van der Waals surface area contributed by atoms with Gasteiger partial charge in [-0.05, 0) is 25.0 Å². The van der Waals surface area contributed by atoms with Gasteiger partial charge in [-0.2, -0.15) is 5.10 Å². The Balaban J connectivity index is 1.62. The number of aliphatic hydroxyl groups is 1. The Hall–Kier alpha value is -2.21. The molecule has 1 fully saturated rings. The summed E-state index contributed by atoms with van der Waals surface area (Å²) in [4.78, 5) is 26.0. The number of hydrogen-bond donors (Lipinski definition) is 1. The Kier molecular flexibility index (Phi) is 5.48. The van der Waals surface area contributed by atoms with E-state index in [2.05, 4.69) is 5.10 Å². The normalized spacial score (nSPS) is 20.6. The molecule has 1 heterocycles. The number of aryl methyl sites for hydroxylation is 1. The van der Waals surface area contributed by atoms with E-state index in [-0.39, 0.29) is 23.4 Å². The molecule has 6 heteroatoms. The third-order valence-corrected chi connectivity index (χ3v) is 5.10. The number of benzene rings is 1. The van der Waals surface area contributed by atoms with Crippen LogP contribution in [0.25, 0.3) is 10.9 Å². The van der Waals surface area contributed by atoms with Crippen molar-refractivity contribution < 1.29 is 9.90 Å². The molecule has 0 saturated heterocycles. The average molecular weight is 343 g/mol. The van der Waals surface area contributed by atoms with E-state index >= 15 is 0 Å². The Morgan fingerprint density at radius 1 is 1.32 bits per heavy atom. The first-order valence-corrected chi connectivity index (χ1v) is 8.93. The van der Waals surface area contributed by atoms with Crippen LogP contribution in [0.1, 0.15) is 32.1 Å². The number of para-hydroxylation sites is 1. The molecule has 2 aromatic rings. The molecule has 0 bridgehead atoms. The number of rotatable bonds is 5. The van der Waals surface area contributed by atoms with E-state index in [9.17, 15) is 14.7 Å². The zero-order chi connectivity index (χ0) is 17.8. The molecule has 1 N–H and O–H groups in total. The minimum absolute atomic E-state index is 0.0300. The average Bonchev–Trinajstić information content (AvgIpc) is 2.63. The molecule has 1 aliphatic carbocycles. The molecule has 25 heavy (non-hydrogen) atoms. The second-order valence-corrected chi connectivity index (χ2v) is 6.89. The topological polar surface area (TPSA) is 75.4 Å². The van der Waals surface area contributed by atoms with Gasteiger partial charge < -0.3 is 10.0 Å². The summed E-state index contributed by atoms with van der Waals surface area (Å²) in [6.07, 6.45) is 5.32. The molecule has 0 spiro atoms. The smallest absolute Gasteiger partial charge is 0.224 e. The molecule has 1 aromatic heterocycles. The standard InChI is InChI=1S/C19H25N3O3/c1-21(13-14-6-2-5-9-17(14)23)19(25)10-11-22-16-8-4-3-7-15(16)18(24)12-20-22/h3-4,7-8,12,14,17,23H,2,5-6,9-11,13H2,1H3. The Bertz CT molecular complexity index is 802. The van der Waals surface area contributed by atoms with Crippen LogP contribution in [0.2, 0.25) is 0 Å². The molecule has 0 radical (unpaired) electrons. The summed E-state index contributed by atoms with van der Waals surface area (Å²) in [6, 6.07) is 7.30. The highest BCUT2D eigenvalue weighted by molar-refractivity contribution is 5.79. The Morgan fingerprint density at radius 2 is 2.08 bits per heavy atom. The van der Waals surface area contributed by atoms with E-state index in [0.717, 1.165) is 31.2 Å². The van der Waals surface area contributed by atoms with E-state index < -0.39 is 0 Å². The lowest BCUT2D eigenvalue weighted by Crippen LogP contribution is -2.38. The molecule has 1 aromatic carbocycles. The fraction of sp³-hybridized carbons (Fsp3) is 0.526. The van der Waals surface area contributed by atoms with Crippen LogP contribution in [-0.4, -0.2) is 45.4 Å². The first kappa shape index (κ1) is 17.6. The minimum Gasteiger partial charge on any atom is -0.393 e. The highest BCUT2D eigenvalue weighted by Crippen LogP contribution is 2.25. The summed E-state index contributed by atoms with van der Waals surface area (Å²) in [7, 11) is 1.79. The predicted octanol–water partition coefficient (Wildman–Crippen LogP) is 1.80. The molecule has 3 rings (SSSR count). The largest absolute Gasteiger partial charge is 0.393 e. The van der Waals surface area contributed by atoms with Crippen molar-refractivity contribution >= 4 is 16.8 Å². The van der Waals surface area contributed by atoms with E-state index in [1.165, 1.54) is 6.20 Å². The number of amides is 1. The fourth-order valence-electron chi connectivity index (χ4n) is 3.59. The number of fused-ring (bicyclic) bond motifs is 1. The van der Waals surface area contributed by atoms with Crippen LogP contribution >= 0.6 is 0 Å². The lowest BCUT2D eigenvalue weighted by atomic mass is 9.86. The highest BCUT2D eigenvalue weighted by atomic mass is 16.3. The van der Waals surface area contributed by atoms with Crippen LogP contribution in [0.4, 0.5) is 0 Å². The minimum atomic E-state index is -0.298. The van der Waals surface area contributed by atoms with E-state index in [0.29, 0.717) is 24.9 Å². The third-order valence-electron chi connectivity index (χ3n) is 5.10. The molecule has 2 atom stereocenters. The molecular formula is C19H25N3O3. The first-order valence-electron chi connectivity index (χ1n) is 8.93. The van der Waals surface area contributed by atoms with Gasteiger partial charge in [0.05, 0.1) is 24.4 Å². The number of nitrogens with zero attached hydrogens (tertiary/aromatic N) is 3. The summed E-state index contributed by atoms with van der Waals surface area (Å²) < 4.78 is 1.71. The summed E-state index contributed by atoms with van der Waals surface area (Å²) in [5.41, 5.74) is 0.634. The summed E-state index contributed by atoms with van der Waals surface area (Å²) in [5, 5.41) is 14.8. The van der Waals surface area contributed by atoms with Gasteiger partial charge in [0, 0.05) is 31.3 Å². The summed E-state index contributed by atoms with van der Waals surface area (Å²) >= 11 is 0. The number of hydrogen-bond acceptors (Lipinski definition) is 4. The van der Waals surface area contributed by atoms with E-state index in [4.69, 9.17) is 0 Å². The Labute approximate surface area is 147 Å². The van der Waals surface area contributed by atoms with Gasteiger partial charge in [-0.15, -0.1) is 0 Å². The van der Waals surface area contributed by atoms with Gasteiger partial charge in [-0.1, -0.05) is 25.0 Å². The SMILES string of the molecule is CN(CC1CCCCC1O)C(=O)CCn1ncc(=O)c2ccccc21. The predicted molar refractivity (Wildman–Crippen MR) is 96.2 cm³/mol. The molecule has 0 aliphatic heterocycles. The van der Waals surface area contributed by atoms with Crippen molar-refractivity contribution in [1.29, 1.82) is 0 Å². The van der Waals surface area contributed by atoms with Gasteiger partial charge in [0.15, 0.2) is 0 Å². The van der Waals surface area contributed by atoms with Crippen LogP contribution in [0, 0.1) is 5.92 Å². The van der Waals surface area contributed by atoms with Gasteiger partial charge >= 0.3 is 0 Å². The van der Waals surface area contributed by atoms with Crippen molar-refractivity contribution in [1.82, 2.24) is 14.7 Å². The van der Waals surface area contributed by atoms with Gasteiger partial charge in [0.25, 0.3) is 0 Å². The molecule has 134 valence electrons. The quantitative estimate of drug-likeness (QED) is 0.898. The van der Waals surface area contributed by atoms with Crippen molar-refractivity contribution in [2.24, 2.45) is 5.92 Å². The zero-order valence-corrected chi connectivity index (χ0v) is 14.6. The van der Waals surface area contributed by atoms with Crippen LogP contribution in [0.5, 0.6) is 0 Å². The number of aliphatic hydroxyl groups excluding tert-OH is 1. The number of carbonyl (C=O) groups excluding carboxylic acids is 1. The summed E-state index contributed by atoms with van der Waals surface area (Å²) in [6.45, 7) is 1.02. The maximum atomic E-state index is 12.4.